The van der Waals surface area contributed by atoms with Crippen LogP contribution in [0.3, 0.4) is 0 Å². The zero-order chi connectivity index (χ0) is 12.8. The molecule has 2 N–H and O–H groups in total. The summed E-state index contributed by atoms with van der Waals surface area (Å²) in [5.41, 5.74) is 5.63. The summed E-state index contributed by atoms with van der Waals surface area (Å²) in [6.07, 6.45) is 2.07. The van der Waals surface area contributed by atoms with Crippen LogP contribution in [-0.2, 0) is 11.3 Å². The van der Waals surface area contributed by atoms with Crippen LogP contribution in [0.1, 0.15) is 18.2 Å². The van der Waals surface area contributed by atoms with Gasteiger partial charge >= 0.3 is 0 Å². The van der Waals surface area contributed by atoms with Gasteiger partial charge in [0.15, 0.2) is 0 Å². The van der Waals surface area contributed by atoms with E-state index in [4.69, 9.17) is 17.3 Å². The first-order chi connectivity index (χ1) is 8.02. The van der Waals surface area contributed by atoms with Gasteiger partial charge in [-0.15, -0.1) is 17.9 Å². The fourth-order valence-corrected chi connectivity index (χ4v) is 2.54. The Hall–Kier alpha value is -0.840. The van der Waals surface area contributed by atoms with Crippen LogP contribution in [0, 0.1) is 0 Å². The molecule has 0 aliphatic rings. The largest absolute Gasteiger partial charge is 0.334 e. The number of carbonyl (C=O) groups excluding carboxylic acids is 1. The van der Waals surface area contributed by atoms with E-state index in [1.54, 1.807) is 11.0 Å². The van der Waals surface area contributed by atoms with Gasteiger partial charge in [-0.1, -0.05) is 17.7 Å². The van der Waals surface area contributed by atoms with Crippen LogP contribution in [0.2, 0.25) is 4.34 Å². The summed E-state index contributed by atoms with van der Waals surface area (Å²) in [6, 6.07) is 3.65. The van der Waals surface area contributed by atoms with Gasteiger partial charge < -0.3 is 10.6 Å². The Morgan fingerprint density at radius 1 is 1.71 bits per heavy atom. The average molecular weight is 273 g/mol. The highest BCUT2D eigenvalue weighted by atomic mass is 35.5. The summed E-state index contributed by atoms with van der Waals surface area (Å²) in [7, 11) is 0. The van der Waals surface area contributed by atoms with Crippen LogP contribution < -0.4 is 5.73 Å². The standard InChI is InChI=1S/C12H17ClN2OS/c1-3-6-15(12(16)7-9(2)14)8-10-4-5-11(13)17-10/h3-5,9H,1,6-8,14H2,2H3. The predicted molar refractivity (Wildman–Crippen MR) is 73.2 cm³/mol. The molecule has 1 aromatic rings. The summed E-state index contributed by atoms with van der Waals surface area (Å²) < 4.78 is 0.734. The van der Waals surface area contributed by atoms with Crippen molar-refractivity contribution in [2.75, 3.05) is 6.54 Å². The molecular formula is C12H17ClN2OS. The molecule has 1 heterocycles. The van der Waals surface area contributed by atoms with Crippen molar-refractivity contribution in [2.45, 2.75) is 25.9 Å². The first-order valence-electron chi connectivity index (χ1n) is 5.41. The summed E-state index contributed by atoms with van der Waals surface area (Å²) in [5, 5.41) is 0. The van der Waals surface area contributed by atoms with Crippen molar-refractivity contribution >= 4 is 28.8 Å². The Kier molecular flexibility index (Phi) is 5.68. The molecular weight excluding hydrogens is 256 g/mol. The smallest absolute Gasteiger partial charge is 0.224 e. The average Bonchev–Trinajstić information content (AvgIpc) is 2.62. The molecule has 0 radical (unpaired) electrons. The van der Waals surface area contributed by atoms with Crippen molar-refractivity contribution in [3.8, 4) is 0 Å². The van der Waals surface area contributed by atoms with Gasteiger partial charge in [0.2, 0.25) is 5.91 Å². The number of nitrogens with zero attached hydrogens (tertiary/aromatic N) is 1. The lowest BCUT2D eigenvalue weighted by atomic mass is 10.2. The van der Waals surface area contributed by atoms with Crippen LogP contribution in [0.15, 0.2) is 24.8 Å². The van der Waals surface area contributed by atoms with E-state index in [2.05, 4.69) is 6.58 Å². The number of rotatable bonds is 6. The maximum absolute atomic E-state index is 11.9. The molecule has 3 nitrogen and oxygen atoms in total. The van der Waals surface area contributed by atoms with Gasteiger partial charge in [-0.05, 0) is 19.1 Å². The molecule has 17 heavy (non-hydrogen) atoms. The monoisotopic (exact) mass is 272 g/mol. The van der Waals surface area contributed by atoms with Crippen LogP contribution >= 0.6 is 22.9 Å². The van der Waals surface area contributed by atoms with E-state index < -0.39 is 0 Å². The van der Waals surface area contributed by atoms with Gasteiger partial charge in [0.25, 0.3) is 0 Å². The highest BCUT2D eigenvalue weighted by molar-refractivity contribution is 7.16. The minimum atomic E-state index is -0.123. The first-order valence-corrected chi connectivity index (χ1v) is 6.61. The maximum atomic E-state index is 11.9. The molecule has 0 aliphatic heterocycles. The Morgan fingerprint density at radius 2 is 2.41 bits per heavy atom. The summed E-state index contributed by atoms with van der Waals surface area (Å²) in [6.45, 7) is 6.58. The summed E-state index contributed by atoms with van der Waals surface area (Å²) in [5.74, 6) is 0.0458. The fourth-order valence-electron chi connectivity index (χ4n) is 1.44. The second-order valence-corrected chi connectivity index (χ2v) is 5.75. The van der Waals surface area contributed by atoms with E-state index in [1.807, 2.05) is 19.1 Å². The zero-order valence-electron chi connectivity index (χ0n) is 9.86. The van der Waals surface area contributed by atoms with E-state index in [-0.39, 0.29) is 11.9 Å². The van der Waals surface area contributed by atoms with Crippen molar-refractivity contribution in [3.63, 3.8) is 0 Å². The van der Waals surface area contributed by atoms with E-state index in [0.29, 0.717) is 19.5 Å². The Labute approximate surface area is 111 Å². The lowest BCUT2D eigenvalue weighted by Gasteiger charge is -2.21. The van der Waals surface area contributed by atoms with Gasteiger partial charge in [-0.3, -0.25) is 4.79 Å². The molecule has 1 amide bonds. The highest BCUT2D eigenvalue weighted by Gasteiger charge is 2.15. The topological polar surface area (TPSA) is 46.3 Å². The van der Waals surface area contributed by atoms with Crippen LogP contribution in [-0.4, -0.2) is 23.4 Å². The van der Waals surface area contributed by atoms with Crippen LogP contribution in [0.4, 0.5) is 0 Å². The summed E-state index contributed by atoms with van der Waals surface area (Å²) in [4.78, 5) is 14.7. The molecule has 0 fully saturated rings. The van der Waals surface area contributed by atoms with Crippen LogP contribution in [0.25, 0.3) is 0 Å². The SMILES string of the molecule is C=CCN(Cc1ccc(Cl)s1)C(=O)CC(C)N. The third-order valence-electron chi connectivity index (χ3n) is 2.17. The second-order valence-electron chi connectivity index (χ2n) is 3.95. The summed E-state index contributed by atoms with van der Waals surface area (Å²) >= 11 is 7.34. The molecule has 0 spiro atoms. The van der Waals surface area contributed by atoms with Gasteiger partial charge in [0.05, 0.1) is 10.9 Å². The van der Waals surface area contributed by atoms with E-state index in [1.165, 1.54) is 11.3 Å². The number of nitrogens with two attached hydrogens (primary N) is 1. The Bertz CT molecular complexity index is 390. The molecule has 0 saturated heterocycles. The third kappa shape index (κ3) is 4.89. The second kappa shape index (κ2) is 6.79. The lowest BCUT2D eigenvalue weighted by molar-refractivity contribution is -0.131. The molecule has 0 aliphatic carbocycles. The van der Waals surface area contributed by atoms with Crippen molar-refractivity contribution in [3.05, 3.63) is 34.0 Å². The molecule has 0 bridgehead atoms. The number of hydrogen-bond donors (Lipinski definition) is 1. The Balaban J connectivity index is 2.65. The number of thiophene rings is 1. The molecule has 0 aromatic carbocycles. The van der Waals surface area contributed by atoms with Crippen LogP contribution in [0.5, 0.6) is 0 Å². The zero-order valence-corrected chi connectivity index (χ0v) is 11.4. The maximum Gasteiger partial charge on any atom is 0.224 e. The van der Waals surface area contributed by atoms with Gasteiger partial charge in [-0.25, -0.2) is 0 Å². The normalized spacial score (nSPS) is 12.2. The number of hydrogen-bond acceptors (Lipinski definition) is 3. The molecule has 1 unspecified atom stereocenters. The highest BCUT2D eigenvalue weighted by Crippen LogP contribution is 2.22. The molecule has 0 saturated carbocycles. The van der Waals surface area contributed by atoms with Crippen molar-refractivity contribution < 1.29 is 4.79 Å². The third-order valence-corrected chi connectivity index (χ3v) is 3.39. The minimum Gasteiger partial charge on any atom is -0.334 e. The minimum absolute atomic E-state index is 0.0458. The van der Waals surface area contributed by atoms with E-state index in [0.717, 1.165) is 9.21 Å². The molecule has 94 valence electrons. The number of carbonyl (C=O) groups is 1. The molecule has 1 aromatic heterocycles. The number of amides is 1. The predicted octanol–water partition coefficient (Wildman–Crippen LogP) is 2.65. The van der Waals surface area contributed by atoms with Gasteiger partial charge in [0, 0.05) is 23.9 Å². The lowest BCUT2D eigenvalue weighted by Crippen LogP contribution is -2.34. The van der Waals surface area contributed by atoms with E-state index >= 15 is 0 Å². The van der Waals surface area contributed by atoms with Crippen molar-refractivity contribution in [2.24, 2.45) is 5.73 Å². The van der Waals surface area contributed by atoms with Crippen molar-refractivity contribution in [1.29, 1.82) is 0 Å². The Morgan fingerprint density at radius 3 is 2.88 bits per heavy atom. The van der Waals surface area contributed by atoms with Crippen molar-refractivity contribution in [1.82, 2.24) is 4.90 Å². The van der Waals surface area contributed by atoms with E-state index in [9.17, 15) is 4.79 Å². The number of halogens is 1. The molecule has 1 rings (SSSR count). The molecule has 1 atom stereocenters. The van der Waals surface area contributed by atoms with Gasteiger partial charge in [0.1, 0.15) is 0 Å². The first kappa shape index (κ1) is 14.2. The molecule has 5 heteroatoms. The van der Waals surface area contributed by atoms with Gasteiger partial charge in [-0.2, -0.15) is 0 Å². The quantitative estimate of drug-likeness (QED) is 0.810. The fraction of sp³-hybridized carbons (Fsp3) is 0.417.